The third kappa shape index (κ3) is 3.65. The lowest BCUT2D eigenvalue weighted by molar-refractivity contribution is -0.355. The van der Waals surface area contributed by atoms with E-state index in [-0.39, 0.29) is 0 Å². The lowest BCUT2D eigenvalue weighted by Crippen LogP contribution is -2.64. The summed E-state index contributed by atoms with van der Waals surface area (Å²) in [6.45, 7) is -1.34. The Hall–Kier alpha value is -0.440. The van der Waals surface area contributed by atoms with Crippen LogP contribution in [0.5, 0.6) is 0 Å². The highest BCUT2D eigenvalue weighted by Gasteiger charge is 2.50. The fraction of sp³-hybridized carbons (Fsp3) is 1.00. The van der Waals surface area contributed by atoms with Gasteiger partial charge in [-0.05, 0) is 0 Å². The van der Waals surface area contributed by atoms with Gasteiger partial charge >= 0.3 is 0 Å². The predicted octanol–water partition coefficient (Wildman–Crippen LogP) is -5.40. The van der Waals surface area contributed by atoms with Crippen molar-refractivity contribution in [2.75, 3.05) is 13.2 Å². The molecule has 0 aliphatic carbocycles. The van der Waals surface area contributed by atoms with E-state index in [1.807, 2.05) is 0 Å². The highest BCUT2D eigenvalue weighted by atomic mass is 16.7. The monoisotopic (exact) mass is 342 g/mol. The van der Waals surface area contributed by atoms with Crippen LogP contribution in [0.15, 0.2) is 0 Å². The molecule has 10 atom stereocenters. The van der Waals surface area contributed by atoms with Gasteiger partial charge in [-0.3, -0.25) is 0 Å². The number of rotatable bonds is 4. The van der Waals surface area contributed by atoms with E-state index in [1.54, 1.807) is 0 Å². The van der Waals surface area contributed by atoms with Crippen molar-refractivity contribution >= 4 is 0 Å². The lowest BCUT2D eigenvalue weighted by Gasteiger charge is -2.45. The summed E-state index contributed by atoms with van der Waals surface area (Å²) < 4.78 is 15.1. The van der Waals surface area contributed by atoms with Gasteiger partial charge in [-0.2, -0.15) is 0 Å². The second-order valence-electron chi connectivity index (χ2n) is 5.53. The minimum atomic E-state index is -1.76. The number of aliphatic hydroxyl groups excluding tert-OH is 8. The number of hydrogen-bond donors (Lipinski definition) is 8. The highest BCUT2D eigenvalue weighted by molar-refractivity contribution is 4.93. The van der Waals surface area contributed by atoms with Crippen LogP contribution in [0.2, 0.25) is 0 Å². The molecule has 0 amide bonds. The molecule has 8 N–H and O–H groups in total. The topological polar surface area (TPSA) is 190 Å². The van der Waals surface area contributed by atoms with Gasteiger partial charge in [0.15, 0.2) is 12.6 Å². The third-order valence-electron chi connectivity index (χ3n) is 3.98. The van der Waals surface area contributed by atoms with E-state index in [0.717, 1.165) is 0 Å². The van der Waals surface area contributed by atoms with E-state index in [2.05, 4.69) is 0 Å². The van der Waals surface area contributed by atoms with Gasteiger partial charge < -0.3 is 55.1 Å². The first-order valence-electron chi connectivity index (χ1n) is 7.08. The van der Waals surface area contributed by atoms with Gasteiger partial charge in [0.2, 0.25) is 0 Å². The second-order valence-corrected chi connectivity index (χ2v) is 5.53. The molecule has 2 aliphatic heterocycles. The van der Waals surface area contributed by atoms with E-state index in [1.165, 1.54) is 0 Å². The van der Waals surface area contributed by atoms with Crippen molar-refractivity contribution < 1.29 is 55.1 Å². The molecular formula is C12H22O11. The van der Waals surface area contributed by atoms with Crippen molar-refractivity contribution in [1.29, 1.82) is 0 Å². The van der Waals surface area contributed by atoms with Crippen LogP contribution in [0.3, 0.4) is 0 Å². The molecule has 0 radical (unpaired) electrons. The first-order chi connectivity index (χ1) is 10.8. The molecule has 2 aliphatic rings. The molecule has 0 bridgehead atoms. The SMILES string of the molecule is OC[C@H]1O[C@H](O)[C@H](O)[C@@H](O[C@@H]2O[C@H](CO)[C@@H](O)[C@H](O)[C@H]2O)[C@H]1O. The van der Waals surface area contributed by atoms with Gasteiger partial charge in [-0.25, -0.2) is 0 Å². The number of hydrogen-bond acceptors (Lipinski definition) is 11. The van der Waals surface area contributed by atoms with Crippen LogP contribution in [-0.2, 0) is 14.2 Å². The van der Waals surface area contributed by atoms with Gasteiger partial charge in [0.25, 0.3) is 0 Å². The van der Waals surface area contributed by atoms with E-state index in [0.29, 0.717) is 0 Å². The predicted molar refractivity (Wildman–Crippen MR) is 68.6 cm³/mol. The van der Waals surface area contributed by atoms with Crippen LogP contribution in [0.1, 0.15) is 0 Å². The van der Waals surface area contributed by atoms with Crippen molar-refractivity contribution in [2.45, 2.75) is 61.4 Å². The highest BCUT2D eigenvalue weighted by Crippen LogP contribution is 2.28. The summed E-state index contributed by atoms with van der Waals surface area (Å²) >= 11 is 0. The molecule has 2 heterocycles. The van der Waals surface area contributed by atoms with Gasteiger partial charge in [0.05, 0.1) is 13.2 Å². The van der Waals surface area contributed by atoms with Gasteiger partial charge in [-0.15, -0.1) is 0 Å². The summed E-state index contributed by atoms with van der Waals surface area (Å²) in [6.07, 6.45) is -15.7. The molecule has 0 aromatic carbocycles. The zero-order chi connectivity index (χ0) is 17.3. The van der Waals surface area contributed by atoms with Crippen molar-refractivity contribution in [1.82, 2.24) is 0 Å². The Morgan fingerprint density at radius 3 is 1.78 bits per heavy atom. The zero-order valence-corrected chi connectivity index (χ0v) is 12.0. The second kappa shape index (κ2) is 7.63. The first-order valence-corrected chi connectivity index (χ1v) is 7.08. The normalized spacial score (nSPS) is 51.7. The molecule has 0 aromatic heterocycles. The Morgan fingerprint density at radius 1 is 0.652 bits per heavy atom. The summed E-state index contributed by atoms with van der Waals surface area (Å²) in [6, 6.07) is 0. The minimum absolute atomic E-state index is 0.667. The lowest BCUT2D eigenvalue weighted by atomic mass is 9.97. The Morgan fingerprint density at radius 2 is 1.22 bits per heavy atom. The van der Waals surface area contributed by atoms with Gasteiger partial charge in [0, 0.05) is 0 Å². The molecular weight excluding hydrogens is 320 g/mol. The molecule has 0 aromatic rings. The number of aliphatic hydroxyl groups is 8. The van der Waals surface area contributed by atoms with E-state index in [4.69, 9.17) is 24.4 Å². The molecule has 11 heteroatoms. The summed E-state index contributed by atoms with van der Waals surface area (Å²) in [7, 11) is 0. The van der Waals surface area contributed by atoms with E-state index in [9.17, 15) is 30.6 Å². The van der Waals surface area contributed by atoms with Crippen LogP contribution >= 0.6 is 0 Å². The third-order valence-corrected chi connectivity index (χ3v) is 3.98. The Bertz CT molecular complexity index is 380. The van der Waals surface area contributed by atoms with Crippen LogP contribution in [0, 0.1) is 0 Å². The molecule has 23 heavy (non-hydrogen) atoms. The largest absolute Gasteiger partial charge is 0.394 e. The van der Waals surface area contributed by atoms with Crippen molar-refractivity contribution in [3.05, 3.63) is 0 Å². The van der Waals surface area contributed by atoms with Gasteiger partial charge in [-0.1, -0.05) is 0 Å². The summed E-state index contributed by atoms with van der Waals surface area (Å²) in [5, 5.41) is 76.8. The Labute approximate surface area is 130 Å². The smallest absolute Gasteiger partial charge is 0.187 e. The number of ether oxygens (including phenoxy) is 3. The van der Waals surface area contributed by atoms with Crippen molar-refractivity contribution in [3.8, 4) is 0 Å². The van der Waals surface area contributed by atoms with Crippen molar-refractivity contribution in [2.24, 2.45) is 0 Å². The Balaban J connectivity index is 2.11. The van der Waals surface area contributed by atoms with Crippen LogP contribution < -0.4 is 0 Å². The molecule has 11 nitrogen and oxygen atoms in total. The zero-order valence-electron chi connectivity index (χ0n) is 12.0. The maximum atomic E-state index is 10.00. The molecule has 2 fully saturated rings. The average Bonchev–Trinajstić information content (AvgIpc) is 2.54. The summed E-state index contributed by atoms with van der Waals surface area (Å²) in [5.74, 6) is 0. The maximum Gasteiger partial charge on any atom is 0.187 e. The average molecular weight is 342 g/mol. The van der Waals surface area contributed by atoms with E-state index < -0.39 is 74.6 Å². The van der Waals surface area contributed by atoms with Crippen molar-refractivity contribution in [3.63, 3.8) is 0 Å². The van der Waals surface area contributed by atoms with Gasteiger partial charge in [0.1, 0.15) is 48.8 Å². The molecule has 0 unspecified atom stereocenters. The maximum absolute atomic E-state index is 10.00. The summed E-state index contributed by atoms with van der Waals surface area (Å²) in [5.41, 5.74) is 0. The fourth-order valence-electron chi connectivity index (χ4n) is 2.56. The molecule has 2 rings (SSSR count). The van der Waals surface area contributed by atoms with Crippen LogP contribution in [0.4, 0.5) is 0 Å². The summed E-state index contributed by atoms with van der Waals surface area (Å²) in [4.78, 5) is 0. The molecule has 0 spiro atoms. The quantitative estimate of drug-likeness (QED) is 0.243. The molecule has 2 saturated heterocycles. The van der Waals surface area contributed by atoms with Crippen LogP contribution in [0.25, 0.3) is 0 Å². The molecule has 0 saturated carbocycles. The van der Waals surface area contributed by atoms with Crippen LogP contribution in [-0.4, -0.2) is 115 Å². The first kappa shape index (κ1) is 18.9. The standard InChI is InChI=1S/C12H22O11/c13-1-3-5(15)7(17)8(18)12(22-3)23-10-6(16)4(2-14)21-11(20)9(10)19/h3-20H,1-2H2/t3-,4-,5-,6+,7+,8-,9-,10+,11+,12+/m1/s1. The van der Waals surface area contributed by atoms with E-state index >= 15 is 0 Å². The molecule has 136 valence electrons. The Kier molecular flexibility index (Phi) is 6.27. The minimum Gasteiger partial charge on any atom is -0.394 e. The fourth-order valence-corrected chi connectivity index (χ4v) is 2.56.